The van der Waals surface area contributed by atoms with Crippen molar-refractivity contribution in [2.24, 2.45) is 5.73 Å². The molecular weight excluding hydrogens is 260 g/mol. The molecule has 19 heavy (non-hydrogen) atoms. The molecule has 4 nitrogen and oxygen atoms in total. The third-order valence-corrected chi connectivity index (χ3v) is 3.34. The van der Waals surface area contributed by atoms with Gasteiger partial charge in [0.1, 0.15) is 5.76 Å². The highest BCUT2D eigenvalue weighted by Crippen LogP contribution is 2.16. The smallest absolute Gasteiger partial charge is 0.252 e. The summed E-state index contributed by atoms with van der Waals surface area (Å²) in [6, 6.07) is 5.22. The van der Waals surface area contributed by atoms with Crippen LogP contribution >= 0.6 is 11.3 Å². The zero-order chi connectivity index (χ0) is 13.7. The Balaban J connectivity index is 2.02. The molecule has 0 aliphatic heterocycles. The topological polar surface area (TPSA) is 68.3 Å². The van der Waals surface area contributed by atoms with Crippen LogP contribution in [0.15, 0.2) is 34.3 Å². The second-order valence-corrected chi connectivity index (χ2v) is 4.83. The van der Waals surface area contributed by atoms with Gasteiger partial charge in [-0.2, -0.15) is 0 Å². The molecule has 2 aromatic heterocycles. The second kappa shape index (κ2) is 6.23. The van der Waals surface area contributed by atoms with Gasteiger partial charge in [-0.3, -0.25) is 4.79 Å². The van der Waals surface area contributed by atoms with E-state index in [9.17, 15) is 4.79 Å². The predicted octanol–water partition coefficient (Wildman–Crippen LogP) is 2.14. The summed E-state index contributed by atoms with van der Waals surface area (Å²) in [6.07, 6.45) is 1.59. The lowest BCUT2D eigenvalue weighted by molar-refractivity contribution is 0.0936. The average molecular weight is 274 g/mol. The van der Waals surface area contributed by atoms with Gasteiger partial charge in [0.05, 0.1) is 29.3 Å². The van der Waals surface area contributed by atoms with Crippen LogP contribution in [-0.2, 0) is 0 Å². The maximum atomic E-state index is 12.0. The third-order valence-electron chi connectivity index (χ3n) is 2.49. The number of rotatable bonds is 3. The molecule has 0 radical (unpaired) electrons. The number of carbonyl (C=O) groups is 1. The average Bonchev–Trinajstić information content (AvgIpc) is 3.07. The number of carbonyl (C=O) groups excluding carboxylic acids is 1. The summed E-state index contributed by atoms with van der Waals surface area (Å²) < 4.78 is 5.24. The van der Waals surface area contributed by atoms with Gasteiger partial charge in [0.15, 0.2) is 0 Å². The summed E-state index contributed by atoms with van der Waals surface area (Å²) in [4.78, 5) is 12.9. The van der Waals surface area contributed by atoms with Crippen LogP contribution in [-0.4, -0.2) is 12.5 Å². The van der Waals surface area contributed by atoms with E-state index in [1.54, 1.807) is 23.8 Å². The number of nitrogens with two attached hydrogens (primary N) is 1. The first kappa shape index (κ1) is 13.4. The summed E-state index contributed by atoms with van der Waals surface area (Å²) in [5.41, 5.74) is 5.91. The molecule has 2 aromatic rings. The summed E-state index contributed by atoms with van der Waals surface area (Å²) >= 11 is 1.43. The molecular formula is C14H14N2O2S. The maximum Gasteiger partial charge on any atom is 0.252 e. The van der Waals surface area contributed by atoms with Crippen molar-refractivity contribution in [2.75, 3.05) is 6.54 Å². The molecule has 0 bridgehead atoms. The lowest BCUT2D eigenvalue weighted by Gasteiger charge is -2.10. The Bertz CT molecular complexity index is 605. The molecule has 0 aliphatic rings. The Labute approximate surface area is 115 Å². The van der Waals surface area contributed by atoms with Crippen LogP contribution in [0, 0.1) is 11.8 Å². The van der Waals surface area contributed by atoms with Crippen molar-refractivity contribution in [3.63, 3.8) is 0 Å². The molecule has 0 aromatic carbocycles. The van der Waals surface area contributed by atoms with Gasteiger partial charge < -0.3 is 15.5 Å². The summed E-state index contributed by atoms with van der Waals surface area (Å²) in [7, 11) is 0. The van der Waals surface area contributed by atoms with Crippen LogP contribution in [0.3, 0.4) is 0 Å². The third kappa shape index (κ3) is 3.47. The maximum absolute atomic E-state index is 12.0. The first-order valence-electron chi connectivity index (χ1n) is 5.82. The molecule has 98 valence electrons. The summed E-state index contributed by atoms with van der Waals surface area (Å²) in [5.74, 6) is 6.26. The van der Waals surface area contributed by atoms with Crippen LogP contribution in [0.2, 0.25) is 0 Å². The molecule has 0 saturated carbocycles. The molecule has 2 rings (SSSR count). The van der Waals surface area contributed by atoms with Gasteiger partial charge in [0.2, 0.25) is 0 Å². The van der Waals surface area contributed by atoms with Gasteiger partial charge in [0.25, 0.3) is 5.91 Å². The van der Waals surface area contributed by atoms with Crippen LogP contribution in [0.1, 0.15) is 34.0 Å². The minimum atomic E-state index is -0.166. The van der Waals surface area contributed by atoms with E-state index in [4.69, 9.17) is 10.2 Å². The Kier molecular flexibility index (Phi) is 4.39. The number of hydrogen-bond acceptors (Lipinski definition) is 4. The summed E-state index contributed by atoms with van der Waals surface area (Å²) in [6.45, 7) is 2.19. The van der Waals surface area contributed by atoms with E-state index in [1.807, 2.05) is 13.0 Å². The lowest BCUT2D eigenvalue weighted by atomic mass is 10.2. The SMILES string of the molecule is CC(NC(=O)c1csc(C#CCN)c1)c1ccco1. The molecule has 1 amide bonds. The van der Waals surface area contributed by atoms with Crippen LogP contribution in [0.4, 0.5) is 0 Å². The van der Waals surface area contributed by atoms with Gasteiger partial charge >= 0.3 is 0 Å². The fraction of sp³-hybridized carbons (Fsp3) is 0.214. The number of nitrogens with one attached hydrogen (secondary N) is 1. The number of hydrogen-bond donors (Lipinski definition) is 2. The van der Waals surface area contributed by atoms with Crippen molar-refractivity contribution >= 4 is 17.2 Å². The fourth-order valence-electron chi connectivity index (χ4n) is 1.55. The van der Waals surface area contributed by atoms with E-state index in [-0.39, 0.29) is 11.9 Å². The fourth-order valence-corrected chi connectivity index (χ4v) is 2.30. The minimum absolute atomic E-state index is 0.138. The van der Waals surface area contributed by atoms with Crippen molar-refractivity contribution in [1.82, 2.24) is 5.32 Å². The van der Waals surface area contributed by atoms with Gasteiger partial charge in [-0.15, -0.1) is 11.3 Å². The summed E-state index contributed by atoms with van der Waals surface area (Å²) in [5, 5.41) is 4.65. The molecule has 1 unspecified atom stereocenters. The quantitative estimate of drug-likeness (QED) is 0.843. The molecule has 2 heterocycles. The van der Waals surface area contributed by atoms with Crippen LogP contribution < -0.4 is 11.1 Å². The van der Waals surface area contributed by atoms with Gasteiger partial charge in [-0.25, -0.2) is 0 Å². The van der Waals surface area contributed by atoms with Crippen molar-refractivity contribution in [3.8, 4) is 11.8 Å². The minimum Gasteiger partial charge on any atom is -0.467 e. The Morgan fingerprint density at radius 3 is 3.16 bits per heavy atom. The highest BCUT2D eigenvalue weighted by molar-refractivity contribution is 7.10. The van der Waals surface area contributed by atoms with E-state index < -0.39 is 0 Å². The van der Waals surface area contributed by atoms with Crippen molar-refractivity contribution in [2.45, 2.75) is 13.0 Å². The van der Waals surface area contributed by atoms with Gasteiger partial charge in [-0.1, -0.05) is 11.8 Å². The van der Waals surface area contributed by atoms with Crippen molar-refractivity contribution in [3.05, 3.63) is 46.0 Å². The van der Waals surface area contributed by atoms with E-state index in [0.717, 1.165) is 10.6 Å². The Morgan fingerprint density at radius 2 is 2.47 bits per heavy atom. The first-order chi connectivity index (χ1) is 9.20. The zero-order valence-corrected chi connectivity index (χ0v) is 11.3. The van der Waals surface area contributed by atoms with E-state index in [2.05, 4.69) is 17.2 Å². The van der Waals surface area contributed by atoms with Crippen molar-refractivity contribution in [1.29, 1.82) is 0 Å². The number of thiophene rings is 1. The number of amides is 1. The van der Waals surface area contributed by atoms with Crippen molar-refractivity contribution < 1.29 is 9.21 Å². The normalized spacial score (nSPS) is 11.5. The Hall–Kier alpha value is -2.03. The monoisotopic (exact) mass is 274 g/mol. The standard InChI is InChI=1S/C14H14N2O2S/c1-10(13-5-3-7-18-13)16-14(17)11-8-12(19-9-11)4-2-6-15/h3,5,7-10H,6,15H2,1H3,(H,16,17). The molecule has 0 spiro atoms. The Morgan fingerprint density at radius 1 is 1.63 bits per heavy atom. The molecule has 3 N–H and O–H groups in total. The predicted molar refractivity (Wildman–Crippen MR) is 74.8 cm³/mol. The highest BCUT2D eigenvalue weighted by Gasteiger charge is 2.14. The molecule has 1 atom stereocenters. The van der Waals surface area contributed by atoms with E-state index in [1.165, 1.54) is 11.3 Å². The zero-order valence-electron chi connectivity index (χ0n) is 10.5. The first-order valence-corrected chi connectivity index (χ1v) is 6.70. The highest BCUT2D eigenvalue weighted by atomic mass is 32.1. The number of furan rings is 1. The second-order valence-electron chi connectivity index (χ2n) is 3.92. The molecule has 0 fully saturated rings. The molecule has 0 aliphatic carbocycles. The van der Waals surface area contributed by atoms with E-state index in [0.29, 0.717) is 12.1 Å². The van der Waals surface area contributed by atoms with E-state index >= 15 is 0 Å². The lowest BCUT2D eigenvalue weighted by Crippen LogP contribution is -2.25. The van der Waals surface area contributed by atoms with Crippen LogP contribution in [0.5, 0.6) is 0 Å². The van der Waals surface area contributed by atoms with Gasteiger partial charge in [-0.05, 0) is 25.1 Å². The van der Waals surface area contributed by atoms with Gasteiger partial charge in [0, 0.05) is 5.38 Å². The molecule has 5 heteroatoms. The van der Waals surface area contributed by atoms with Crippen LogP contribution in [0.25, 0.3) is 0 Å². The largest absolute Gasteiger partial charge is 0.467 e. The molecule has 0 saturated heterocycles.